The van der Waals surface area contributed by atoms with Gasteiger partial charge in [0, 0.05) is 25.4 Å². The molecule has 0 aromatic rings. The molecule has 2 unspecified atom stereocenters. The highest BCUT2D eigenvalue weighted by Gasteiger charge is 2.40. The summed E-state index contributed by atoms with van der Waals surface area (Å²) in [4.78, 5) is 13.4. The number of Topliss-reactive ketones (excluding diaryl/α,β-unsaturated/α-hetero) is 1. The van der Waals surface area contributed by atoms with E-state index in [-0.39, 0.29) is 0 Å². The van der Waals surface area contributed by atoms with Crippen molar-refractivity contribution in [2.24, 2.45) is 11.8 Å². The highest BCUT2D eigenvalue weighted by molar-refractivity contribution is 5.84. The molecule has 0 amide bonds. The molecule has 2 rings (SSSR count). The minimum absolute atomic E-state index is 0.407. The Morgan fingerprint density at radius 2 is 2.30 bits per heavy atom. The van der Waals surface area contributed by atoms with Crippen LogP contribution >= 0.6 is 0 Å². The molecular weight excluding hydrogens is 126 g/mol. The van der Waals surface area contributed by atoms with Crippen LogP contribution in [0.25, 0.3) is 0 Å². The molecule has 2 fully saturated rings. The first-order valence-electron chi connectivity index (χ1n) is 3.98. The summed E-state index contributed by atoms with van der Waals surface area (Å²) in [7, 11) is 2.10. The summed E-state index contributed by atoms with van der Waals surface area (Å²) < 4.78 is 0. The Hall–Kier alpha value is -0.370. The summed E-state index contributed by atoms with van der Waals surface area (Å²) in [6.07, 6.45) is 2.00. The average molecular weight is 139 g/mol. The highest BCUT2D eigenvalue weighted by atomic mass is 16.1. The Kier molecular flexibility index (Phi) is 1.31. The lowest BCUT2D eigenvalue weighted by molar-refractivity contribution is -0.120. The zero-order valence-electron chi connectivity index (χ0n) is 6.34. The summed E-state index contributed by atoms with van der Waals surface area (Å²) in [5.41, 5.74) is 0. The summed E-state index contributed by atoms with van der Waals surface area (Å²) in [6, 6.07) is 0. The first kappa shape index (κ1) is 6.35. The van der Waals surface area contributed by atoms with Crippen molar-refractivity contribution in [1.29, 1.82) is 0 Å². The van der Waals surface area contributed by atoms with Crippen molar-refractivity contribution >= 4 is 5.78 Å². The van der Waals surface area contributed by atoms with Crippen molar-refractivity contribution in [2.75, 3.05) is 20.1 Å². The number of ketones is 1. The van der Waals surface area contributed by atoms with E-state index in [0.29, 0.717) is 17.6 Å². The average Bonchev–Trinajstić information content (AvgIpc) is 2.35. The van der Waals surface area contributed by atoms with Gasteiger partial charge in [-0.05, 0) is 19.4 Å². The van der Waals surface area contributed by atoms with Gasteiger partial charge < -0.3 is 4.90 Å². The topological polar surface area (TPSA) is 20.3 Å². The molecule has 1 heterocycles. The van der Waals surface area contributed by atoms with Gasteiger partial charge in [-0.2, -0.15) is 0 Å². The second-order valence-electron chi connectivity index (χ2n) is 3.59. The van der Waals surface area contributed by atoms with Crippen LogP contribution in [0.4, 0.5) is 0 Å². The largest absolute Gasteiger partial charge is 0.305 e. The lowest BCUT2D eigenvalue weighted by Gasteiger charge is -2.06. The maximum Gasteiger partial charge on any atom is 0.137 e. The van der Waals surface area contributed by atoms with Crippen LogP contribution < -0.4 is 0 Å². The molecular formula is C8H13NO. The SMILES string of the molecule is CN1CC2CCC(=O)C2C1. The molecule has 0 spiro atoms. The molecule has 2 heteroatoms. The predicted octanol–water partition coefficient (Wildman–Crippen LogP) is 0.527. The standard InChI is InChI=1S/C8H13NO/c1-9-4-6-2-3-8(10)7(6)5-9/h6-7H,2-5H2,1H3. The molecule has 56 valence electrons. The van der Waals surface area contributed by atoms with Gasteiger partial charge in [0.05, 0.1) is 0 Å². The van der Waals surface area contributed by atoms with Crippen LogP contribution in [0.2, 0.25) is 0 Å². The van der Waals surface area contributed by atoms with Crippen LogP contribution in [-0.2, 0) is 4.79 Å². The van der Waals surface area contributed by atoms with Gasteiger partial charge in [0.1, 0.15) is 5.78 Å². The molecule has 1 saturated heterocycles. The molecule has 0 aromatic heterocycles. The molecule has 0 aromatic carbocycles. The summed E-state index contributed by atoms with van der Waals surface area (Å²) in [6.45, 7) is 2.17. The molecule has 2 atom stereocenters. The number of likely N-dealkylation sites (tertiary alicyclic amines) is 1. The quantitative estimate of drug-likeness (QED) is 0.488. The Labute approximate surface area is 61.2 Å². The van der Waals surface area contributed by atoms with E-state index in [9.17, 15) is 4.79 Å². The molecule has 2 aliphatic rings. The number of fused-ring (bicyclic) bond motifs is 1. The van der Waals surface area contributed by atoms with Crippen LogP contribution in [0.1, 0.15) is 12.8 Å². The fourth-order valence-electron chi connectivity index (χ4n) is 2.26. The monoisotopic (exact) mass is 139 g/mol. The van der Waals surface area contributed by atoms with Crippen molar-refractivity contribution in [3.8, 4) is 0 Å². The molecule has 1 saturated carbocycles. The fourth-order valence-corrected chi connectivity index (χ4v) is 2.26. The zero-order valence-corrected chi connectivity index (χ0v) is 6.34. The summed E-state index contributed by atoms with van der Waals surface area (Å²) in [5.74, 6) is 1.62. The molecule has 1 aliphatic carbocycles. The van der Waals surface area contributed by atoms with Gasteiger partial charge in [0.25, 0.3) is 0 Å². The van der Waals surface area contributed by atoms with Crippen LogP contribution in [0, 0.1) is 11.8 Å². The van der Waals surface area contributed by atoms with Crippen molar-refractivity contribution in [3.63, 3.8) is 0 Å². The lowest BCUT2D eigenvalue weighted by atomic mass is 10.0. The van der Waals surface area contributed by atoms with Gasteiger partial charge in [-0.3, -0.25) is 4.79 Å². The maximum atomic E-state index is 11.2. The summed E-state index contributed by atoms with van der Waals surface area (Å²) in [5, 5.41) is 0. The van der Waals surface area contributed by atoms with Crippen LogP contribution in [0.3, 0.4) is 0 Å². The van der Waals surface area contributed by atoms with E-state index in [2.05, 4.69) is 11.9 Å². The van der Waals surface area contributed by atoms with Crippen molar-refractivity contribution in [2.45, 2.75) is 12.8 Å². The van der Waals surface area contributed by atoms with Crippen molar-refractivity contribution < 1.29 is 4.79 Å². The molecule has 0 radical (unpaired) electrons. The molecule has 0 bridgehead atoms. The van der Waals surface area contributed by atoms with E-state index in [1.54, 1.807) is 0 Å². The van der Waals surface area contributed by atoms with E-state index >= 15 is 0 Å². The maximum absolute atomic E-state index is 11.2. The Morgan fingerprint density at radius 3 is 3.00 bits per heavy atom. The van der Waals surface area contributed by atoms with Gasteiger partial charge in [0.15, 0.2) is 0 Å². The van der Waals surface area contributed by atoms with Gasteiger partial charge in [0.2, 0.25) is 0 Å². The lowest BCUT2D eigenvalue weighted by Crippen LogP contribution is -2.17. The number of hydrogen-bond donors (Lipinski definition) is 0. The minimum atomic E-state index is 0.407. The number of carbonyl (C=O) groups is 1. The molecule has 1 aliphatic heterocycles. The van der Waals surface area contributed by atoms with E-state index in [1.165, 1.54) is 0 Å². The Balaban J connectivity index is 2.12. The Morgan fingerprint density at radius 1 is 1.50 bits per heavy atom. The predicted molar refractivity (Wildman–Crippen MR) is 38.7 cm³/mol. The van der Waals surface area contributed by atoms with Crippen molar-refractivity contribution in [3.05, 3.63) is 0 Å². The first-order chi connectivity index (χ1) is 4.77. The minimum Gasteiger partial charge on any atom is -0.305 e. The number of hydrogen-bond acceptors (Lipinski definition) is 2. The number of rotatable bonds is 0. The number of nitrogens with zero attached hydrogens (tertiary/aromatic N) is 1. The highest BCUT2D eigenvalue weighted by Crippen LogP contribution is 2.34. The van der Waals surface area contributed by atoms with Gasteiger partial charge in [-0.1, -0.05) is 0 Å². The van der Waals surface area contributed by atoms with Crippen molar-refractivity contribution in [1.82, 2.24) is 4.90 Å². The van der Waals surface area contributed by atoms with Gasteiger partial charge >= 0.3 is 0 Å². The second-order valence-corrected chi connectivity index (χ2v) is 3.59. The third-order valence-corrected chi connectivity index (χ3v) is 2.80. The summed E-state index contributed by atoms with van der Waals surface area (Å²) >= 11 is 0. The smallest absolute Gasteiger partial charge is 0.137 e. The molecule has 0 N–H and O–H groups in total. The van der Waals surface area contributed by atoms with Gasteiger partial charge in [-0.15, -0.1) is 0 Å². The molecule has 2 nitrogen and oxygen atoms in total. The fraction of sp³-hybridized carbons (Fsp3) is 0.875. The zero-order chi connectivity index (χ0) is 7.14. The van der Waals surface area contributed by atoms with Gasteiger partial charge in [-0.25, -0.2) is 0 Å². The third kappa shape index (κ3) is 0.788. The van der Waals surface area contributed by atoms with Crippen LogP contribution in [-0.4, -0.2) is 30.8 Å². The number of carbonyl (C=O) groups excluding carboxylic acids is 1. The molecule has 10 heavy (non-hydrogen) atoms. The van der Waals surface area contributed by atoms with Crippen LogP contribution in [0.5, 0.6) is 0 Å². The van der Waals surface area contributed by atoms with E-state index < -0.39 is 0 Å². The normalized spacial score (nSPS) is 40.7. The second kappa shape index (κ2) is 2.06. The first-order valence-corrected chi connectivity index (χ1v) is 3.98. The van der Waals surface area contributed by atoms with E-state index in [4.69, 9.17) is 0 Å². The van der Waals surface area contributed by atoms with E-state index in [0.717, 1.165) is 25.9 Å². The van der Waals surface area contributed by atoms with E-state index in [1.807, 2.05) is 0 Å². The van der Waals surface area contributed by atoms with Crippen LogP contribution in [0.15, 0.2) is 0 Å². The Bertz CT molecular complexity index is 167. The third-order valence-electron chi connectivity index (χ3n) is 2.80.